The van der Waals surface area contributed by atoms with Gasteiger partial charge in [0.05, 0.1) is 0 Å². The van der Waals surface area contributed by atoms with E-state index in [1.165, 1.54) is 0 Å². The summed E-state index contributed by atoms with van der Waals surface area (Å²) in [5, 5.41) is 18.2. The van der Waals surface area contributed by atoms with E-state index in [1.807, 2.05) is 6.07 Å². The molecule has 6 heteroatoms. The van der Waals surface area contributed by atoms with Crippen LogP contribution in [0.2, 0.25) is 0 Å². The molecule has 0 spiro atoms. The summed E-state index contributed by atoms with van der Waals surface area (Å²) in [5.41, 5.74) is 1.30. The van der Waals surface area contributed by atoms with E-state index < -0.39 is 7.12 Å². The van der Waals surface area contributed by atoms with Crippen LogP contribution in [0, 0.1) is 0 Å². The van der Waals surface area contributed by atoms with Crippen LogP contribution in [0.4, 0.5) is 0 Å². The van der Waals surface area contributed by atoms with E-state index in [0.29, 0.717) is 29.3 Å². The summed E-state index contributed by atoms with van der Waals surface area (Å²) in [5.74, 6) is 2.05. The monoisotopic (exact) mass is 272 g/mol. The van der Waals surface area contributed by atoms with Crippen LogP contribution in [-0.2, 0) is 6.61 Å². The predicted octanol–water partition coefficient (Wildman–Crippen LogP) is 0.674. The molecule has 1 aliphatic rings. The van der Waals surface area contributed by atoms with Crippen molar-refractivity contribution in [1.29, 1.82) is 0 Å². The Morgan fingerprint density at radius 3 is 2.75 bits per heavy atom. The van der Waals surface area contributed by atoms with Gasteiger partial charge in [-0.15, -0.1) is 0 Å². The van der Waals surface area contributed by atoms with Gasteiger partial charge in [0.15, 0.2) is 11.5 Å². The molecule has 2 aromatic carbocycles. The summed E-state index contributed by atoms with van der Waals surface area (Å²) in [4.78, 5) is 0. The first kappa shape index (κ1) is 12.8. The molecule has 0 bridgehead atoms. The molecule has 0 saturated carbocycles. The molecule has 102 valence electrons. The molecule has 0 aromatic heterocycles. The topological polar surface area (TPSA) is 68.2 Å². The molecule has 2 aromatic rings. The lowest BCUT2D eigenvalue weighted by Gasteiger charge is -2.08. The van der Waals surface area contributed by atoms with Crippen molar-refractivity contribution in [2.24, 2.45) is 0 Å². The van der Waals surface area contributed by atoms with Crippen LogP contribution in [0.25, 0.3) is 0 Å². The summed E-state index contributed by atoms with van der Waals surface area (Å²) >= 11 is 0. The van der Waals surface area contributed by atoms with Crippen molar-refractivity contribution in [2.75, 3.05) is 6.79 Å². The van der Waals surface area contributed by atoms with Gasteiger partial charge in [0, 0.05) is 6.07 Å². The average molecular weight is 272 g/mol. The molecule has 3 rings (SSSR count). The van der Waals surface area contributed by atoms with Crippen molar-refractivity contribution in [1.82, 2.24) is 0 Å². The first-order valence-electron chi connectivity index (χ1n) is 6.20. The fraction of sp³-hybridized carbons (Fsp3) is 0.143. The molecule has 0 aliphatic carbocycles. The quantitative estimate of drug-likeness (QED) is 0.801. The molecule has 20 heavy (non-hydrogen) atoms. The van der Waals surface area contributed by atoms with Gasteiger partial charge in [-0.1, -0.05) is 24.3 Å². The summed E-state index contributed by atoms with van der Waals surface area (Å²) in [7, 11) is -1.47. The van der Waals surface area contributed by atoms with E-state index in [0.717, 1.165) is 5.56 Å². The van der Waals surface area contributed by atoms with Gasteiger partial charge in [0.1, 0.15) is 12.4 Å². The van der Waals surface area contributed by atoms with E-state index in [9.17, 15) is 0 Å². The molecular formula is C14H13BO5. The van der Waals surface area contributed by atoms with E-state index in [4.69, 9.17) is 24.3 Å². The maximum Gasteiger partial charge on any atom is 0.488 e. The standard InChI is InChI=1S/C14H13BO5/c16-15(17)11-3-1-2-10(6-11)8-18-12-4-5-13-14(7-12)20-9-19-13/h1-7,16-17H,8-9H2. The average Bonchev–Trinajstić information content (AvgIpc) is 2.93. The SMILES string of the molecule is OB(O)c1cccc(COc2ccc3c(c2)OCO3)c1. The van der Waals surface area contributed by atoms with Crippen molar-refractivity contribution >= 4 is 12.6 Å². The van der Waals surface area contributed by atoms with E-state index in [-0.39, 0.29) is 6.79 Å². The van der Waals surface area contributed by atoms with Crippen molar-refractivity contribution in [2.45, 2.75) is 6.61 Å². The van der Waals surface area contributed by atoms with Gasteiger partial charge in [0.2, 0.25) is 6.79 Å². The minimum absolute atomic E-state index is 0.231. The van der Waals surface area contributed by atoms with Crippen LogP contribution in [-0.4, -0.2) is 24.0 Å². The second-order valence-electron chi connectivity index (χ2n) is 4.42. The number of rotatable bonds is 4. The number of benzene rings is 2. The first-order chi connectivity index (χ1) is 9.72. The van der Waals surface area contributed by atoms with Crippen LogP contribution in [0.15, 0.2) is 42.5 Å². The zero-order valence-electron chi connectivity index (χ0n) is 10.7. The molecule has 2 N–H and O–H groups in total. The van der Waals surface area contributed by atoms with Crippen LogP contribution in [0.5, 0.6) is 17.2 Å². The highest BCUT2D eigenvalue weighted by Gasteiger charge is 2.14. The van der Waals surface area contributed by atoms with Crippen LogP contribution >= 0.6 is 0 Å². The minimum Gasteiger partial charge on any atom is -0.489 e. The molecule has 0 atom stereocenters. The highest BCUT2D eigenvalue weighted by molar-refractivity contribution is 6.58. The largest absolute Gasteiger partial charge is 0.489 e. The molecular weight excluding hydrogens is 259 g/mol. The molecule has 0 amide bonds. The molecule has 5 nitrogen and oxygen atoms in total. The highest BCUT2D eigenvalue weighted by atomic mass is 16.7. The Morgan fingerprint density at radius 1 is 1.05 bits per heavy atom. The molecule has 1 heterocycles. The Kier molecular flexibility index (Phi) is 3.49. The lowest BCUT2D eigenvalue weighted by Crippen LogP contribution is -2.29. The lowest BCUT2D eigenvalue weighted by atomic mass is 9.80. The molecule has 0 radical (unpaired) electrons. The van der Waals surface area contributed by atoms with E-state index in [2.05, 4.69) is 0 Å². The molecule has 0 fully saturated rings. The van der Waals surface area contributed by atoms with Crippen molar-refractivity contribution in [3.05, 3.63) is 48.0 Å². The van der Waals surface area contributed by atoms with Gasteiger partial charge in [-0.2, -0.15) is 0 Å². The summed E-state index contributed by atoms with van der Waals surface area (Å²) in [6.07, 6.45) is 0. The Hall–Kier alpha value is -2.18. The number of ether oxygens (including phenoxy) is 3. The summed E-state index contributed by atoms with van der Waals surface area (Å²) in [6, 6.07) is 12.3. The van der Waals surface area contributed by atoms with Crippen molar-refractivity contribution < 1.29 is 24.3 Å². The third kappa shape index (κ3) is 2.71. The fourth-order valence-corrected chi connectivity index (χ4v) is 1.98. The van der Waals surface area contributed by atoms with Gasteiger partial charge in [-0.05, 0) is 23.2 Å². The predicted molar refractivity (Wildman–Crippen MR) is 73.2 cm³/mol. The van der Waals surface area contributed by atoms with Crippen LogP contribution < -0.4 is 19.7 Å². The second-order valence-corrected chi connectivity index (χ2v) is 4.42. The Balaban J connectivity index is 1.69. The van der Waals surface area contributed by atoms with Gasteiger partial charge in [0.25, 0.3) is 0 Å². The van der Waals surface area contributed by atoms with Crippen LogP contribution in [0.3, 0.4) is 0 Å². The zero-order valence-corrected chi connectivity index (χ0v) is 10.7. The normalized spacial score (nSPS) is 12.3. The van der Waals surface area contributed by atoms with E-state index >= 15 is 0 Å². The zero-order chi connectivity index (χ0) is 13.9. The van der Waals surface area contributed by atoms with Gasteiger partial charge in [-0.3, -0.25) is 0 Å². The summed E-state index contributed by atoms with van der Waals surface area (Å²) < 4.78 is 16.2. The summed E-state index contributed by atoms with van der Waals surface area (Å²) in [6.45, 7) is 0.565. The third-order valence-corrected chi connectivity index (χ3v) is 3.00. The molecule has 0 saturated heterocycles. The number of hydrogen-bond acceptors (Lipinski definition) is 5. The maximum atomic E-state index is 9.12. The van der Waals surface area contributed by atoms with Crippen LogP contribution in [0.1, 0.15) is 5.56 Å². The van der Waals surface area contributed by atoms with Gasteiger partial charge < -0.3 is 24.3 Å². The van der Waals surface area contributed by atoms with Gasteiger partial charge >= 0.3 is 7.12 Å². The Morgan fingerprint density at radius 2 is 1.90 bits per heavy atom. The molecule has 1 aliphatic heterocycles. The van der Waals surface area contributed by atoms with E-state index in [1.54, 1.807) is 36.4 Å². The smallest absolute Gasteiger partial charge is 0.488 e. The molecule has 0 unspecified atom stereocenters. The first-order valence-corrected chi connectivity index (χ1v) is 6.20. The Bertz CT molecular complexity index is 614. The highest BCUT2D eigenvalue weighted by Crippen LogP contribution is 2.35. The van der Waals surface area contributed by atoms with Crippen molar-refractivity contribution in [3.63, 3.8) is 0 Å². The number of fused-ring (bicyclic) bond motifs is 1. The van der Waals surface area contributed by atoms with Gasteiger partial charge in [-0.25, -0.2) is 0 Å². The second kappa shape index (κ2) is 5.44. The fourth-order valence-electron chi connectivity index (χ4n) is 1.98. The van der Waals surface area contributed by atoms with Crippen molar-refractivity contribution in [3.8, 4) is 17.2 Å². The third-order valence-electron chi connectivity index (χ3n) is 3.00. The number of hydrogen-bond donors (Lipinski definition) is 2. The lowest BCUT2D eigenvalue weighted by molar-refractivity contribution is 0.173. The Labute approximate surface area is 116 Å². The minimum atomic E-state index is -1.47. The maximum absolute atomic E-state index is 9.12.